The molecule has 0 bridgehead atoms. The van der Waals surface area contributed by atoms with Gasteiger partial charge in [0, 0.05) is 29.1 Å². The van der Waals surface area contributed by atoms with Gasteiger partial charge in [0.15, 0.2) is 0 Å². The van der Waals surface area contributed by atoms with Gasteiger partial charge in [0.25, 0.3) is 0 Å². The number of ether oxygens (including phenoxy) is 1. The Morgan fingerprint density at radius 2 is 1.91 bits per heavy atom. The minimum atomic E-state index is 0. The molecule has 3 aromatic rings. The molecule has 0 unspecified atom stereocenters. The SMILES string of the molecule is COc1ccc2cc(-c3ccccc3C3=NCCN3)oc2c1.Cl. The van der Waals surface area contributed by atoms with Crippen LogP contribution in [0, 0.1) is 0 Å². The first-order valence-corrected chi connectivity index (χ1v) is 7.31. The third-order valence-corrected chi connectivity index (χ3v) is 3.85. The number of nitrogens with zero attached hydrogens (tertiary/aromatic N) is 1. The van der Waals surface area contributed by atoms with Crippen LogP contribution in [-0.2, 0) is 0 Å². The fourth-order valence-corrected chi connectivity index (χ4v) is 2.75. The number of fused-ring (bicyclic) bond motifs is 1. The molecule has 1 aliphatic heterocycles. The number of nitrogens with one attached hydrogen (secondary N) is 1. The molecule has 1 aromatic heterocycles. The Hall–Kier alpha value is -2.46. The van der Waals surface area contributed by atoms with E-state index >= 15 is 0 Å². The molecule has 4 nitrogen and oxygen atoms in total. The second-order valence-corrected chi connectivity index (χ2v) is 5.22. The third-order valence-electron chi connectivity index (χ3n) is 3.85. The van der Waals surface area contributed by atoms with Gasteiger partial charge in [0.2, 0.25) is 0 Å². The molecule has 0 atom stereocenters. The van der Waals surface area contributed by atoms with Crippen molar-refractivity contribution in [3.8, 4) is 17.1 Å². The van der Waals surface area contributed by atoms with E-state index in [1.54, 1.807) is 7.11 Å². The first-order valence-electron chi connectivity index (χ1n) is 7.31. The molecule has 0 radical (unpaired) electrons. The van der Waals surface area contributed by atoms with E-state index in [2.05, 4.69) is 28.5 Å². The zero-order valence-electron chi connectivity index (χ0n) is 12.7. The number of amidine groups is 1. The monoisotopic (exact) mass is 328 g/mol. The number of halogens is 1. The fraction of sp³-hybridized carbons (Fsp3) is 0.167. The van der Waals surface area contributed by atoms with E-state index in [-0.39, 0.29) is 12.4 Å². The zero-order valence-corrected chi connectivity index (χ0v) is 13.5. The van der Waals surface area contributed by atoms with Crippen LogP contribution in [0.2, 0.25) is 0 Å². The van der Waals surface area contributed by atoms with E-state index in [1.807, 2.05) is 30.3 Å². The number of furan rings is 1. The van der Waals surface area contributed by atoms with E-state index in [9.17, 15) is 0 Å². The largest absolute Gasteiger partial charge is 0.497 e. The van der Waals surface area contributed by atoms with E-state index < -0.39 is 0 Å². The molecule has 0 fully saturated rings. The van der Waals surface area contributed by atoms with Crippen LogP contribution in [-0.4, -0.2) is 26.0 Å². The van der Waals surface area contributed by atoms with Crippen LogP contribution in [0.1, 0.15) is 5.56 Å². The molecule has 4 rings (SSSR count). The zero-order chi connectivity index (χ0) is 14.9. The Morgan fingerprint density at radius 1 is 1.09 bits per heavy atom. The number of methoxy groups -OCH3 is 1. The molecule has 1 N–H and O–H groups in total. The van der Waals surface area contributed by atoms with Crippen molar-refractivity contribution in [2.45, 2.75) is 0 Å². The number of hydrogen-bond donors (Lipinski definition) is 1. The van der Waals surface area contributed by atoms with Crippen molar-refractivity contribution >= 4 is 29.2 Å². The maximum absolute atomic E-state index is 6.03. The van der Waals surface area contributed by atoms with Gasteiger partial charge in [-0.3, -0.25) is 4.99 Å². The van der Waals surface area contributed by atoms with Gasteiger partial charge in [-0.15, -0.1) is 12.4 Å². The lowest BCUT2D eigenvalue weighted by molar-refractivity contribution is 0.414. The summed E-state index contributed by atoms with van der Waals surface area (Å²) in [5.41, 5.74) is 2.95. The number of aliphatic imine (C=N–C) groups is 1. The van der Waals surface area contributed by atoms with Crippen LogP contribution in [0.4, 0.5) is 0 Å². The molecule has 23 heavy (non-hydrogen) atoms. The molecule has 1 aliphatic rings. The predicted molar refractivity (Wildman–Crippen MR) is 94.9 cm³/mol. The van der Waals surface area contributed by atoms with Gasteiger partial charge in [-0.05, 0) is 18.2 Å². The third kappa shape index (κ3) is 2.78. The summed E-state index contributed by atoms with van der Waals surface area (Å²) in [4.78, 5) is 4.52. The predicted octanol–water partition coefficient (Wildman–Crippen LogP) is 3.88. The molecule has 0 spiro atoms. The second-order valence-electron chi connectivity index (χ2n) is 5.22. The van der Waals surface area contributed by atoms with Crippen molar-refractivity contribution in [3.63, 3.8) is 0 Å². The molecule has 0 saturated heterocycles. The molecule has 0 saturated carbocycles. The van der Waals surface area contributed by atoms with Crippen LogP contribution in [0.25, 0.3) is 22.3 Å². The highest BCUT2D eigenvalue weighted by molar-refractivity contribution is 6.05. The Labute approximate surface area is 140 Å². The van der Waals surface area contributed by atoms with Gasteiger partial charge < -0.3 is 14.5 Å². The molecule has 2 aromatic carbocycles. The molecule has 0 amide bonds. The van der Waals surface area contributed by atoms with Gasteiger partial charge in [-0.2, -0.15) is 0 Å². The quantitative estimate of drug-likeness (QED) is 0.793. The summed E-state index contributed by atoms with van der Waals surface area (Å²) in [6.07, 6.45) is 0. The summed E-state index contributed by atoms with van der Waals surface area (Å²) in [7, 11) is 1.66. The highest BCUT2D eigenvalue weighted by Gasteiger charge is 2.16. The summed E-state index contributed by atoms with van der Waals surface area (Å²) >= 11 is 0. The lowest BCUT2D eigenvalue weighted by Gasteiger charge is -2.07. The lowest BCUT2D eigenvalue weighted by atomic mass is 10.0. The summed E-state index contributed by atoms with van der Waals surface area (Å²) in [6.45, 7) is 1.71. The Bertz CT molecular complexity index is 870. The average molecular weight is 329 g/mol. The van der Waals surface area contributed by atoms with Crippen LogP contribution in [0.15, 0.2) is 57.9 Å². The molecular formula is C18H17ClN2O2. The van der Waals surface area contributed by atoms with Crippen molar-refractivity contribution in [2.24, 2.45) is 4.99 Å². The average Bonchev–Trinajstić information content (AvgIpc) is 3.23. The standard InChI is InChI=1S/C18H16N2O2.ClH/c1-21-13-7-6-12-10-17(22-16(12)11-13)14-4-2-3-5-15(14)18-19-8-9-20-18;/h2-7,10-11H,8-9H2,1H3,(H,19,20);1H. The topological polar surface area (TPSA) is 46.8 Å². The number of benzene rings is 2. The first-order chi connectivity index (χ1) is 10.8. The van der Waals surface area contributed by atoms with Gasteiger partial charge in [-0.25, -0.2) is 0 Å². The van der Waals surface area contributed by atoms with Crippen molar-refractivity contribution in [3.05, 3.63) is 54.1 Å². The highest BCUT2D eigenvalue weighted by Crippen LogP contribution is 2.32. The van der Waals surface area contributed by atoms with E-state index in [0.717, 1.165) is 52.5 Å². The summed E-state index contributed by atoms with van der Waals surface area (Å²) in [6, 6.07) is 16.1. The van der Waals surface area contributed by atoms with Gasteiger partial charge in [0.1, 0.15) is 22.9 Å². The number of hydrogen-bond acceptors (Lipinski definition) is 4. The lowest BCUT2D eigenvalue weighted by Crippen LogP contribution is -2.20. The van der Waals surface area contributed by atoms with E-state index in [1.165, 1.54) is 0 Å². The summed E-state index contributed by atoms with van der Waals surface area (Å²) in [5.74, 6) is 2.58. The molecule has 5 heteroatoms. The highest BCUT2D eigenvalue weighted by atomic mass is 35.5. The van der Waals surface area contributed by atoms with Crippen molar-refractivity contribution < 1.29 is 9.15 Å². The fourth-order valence-electron chi connectivity index (χ4n) is 2.75. The Kier molecular flexibility index (Phi) is 4.26. The summed E-state index contributed by atoms with van der Waals surface area (Å²) < 4.78 is 11.3. The van der Waals surface area contributed by atoms with Crippen molar-refractivity contribution in [2.75, 3.05) is 20.2 Å². The van der Waals surface area contributed by atoms with Crippen molar-refractivity contribution in [1.82, 2.24) is 5.32 Å². The Morgan fingerprint density at radius 3 is 2.65 bits per heavy atom. The molecule has 118 valence electrons. The van der Waals surface area contributed by atoms with Gasteiger partial charge in [0.05, 0.1) is 13.7 Å². The van der Waals surface area contributed by atoms with Gasteiger partial charge >= 0.3 is 0 Å². The maximum Gasteiger partial charge on any atom is 0.138 e. The van der Waals surface area contributed by atoms with Crippen LogP contribution in [0.3, 0.4) is 0 Å². The normalized spacial score (nSPS) is 13.3. The maximum atomic E-state index is 6.03. The minimum absolute atomic E-state index is 0. The molecular weight excluding hydrogens is 312 g/mol. The van der Waals surface area contributed by atoms with Crippen molar-refractivity contribution in [1.29, 1.82) is 0 Å². The van der Waals surface area contributed by atoms with Crippen LogP contribution >= 0.6 is 12.4 Å². The first kappa shape index (κ1) is 15.4. The van der Waals surface area contributed by atoms with E-state index in [0.29, 0.717) is 0 Å². The summed E-state index contributed by atoms with van der Waals surface area (Å²) in [5, 5.41) is 4.39. The van der Waals surface area contributed by atoms with Gasteiger partial charge in [-0.1, -0.05) is 24.3 Å². The minimum Gasteiger partial charge on any atom is -0.497 e. The molecule has 0 aliphatic carbocycles. The van der Waals surface area contributed by atoms with Crippen LogP contribution in [0.5, 0.6) is 5.75 Å². The second kappa shape index (κ2) is 6.34. The van der Waals surface area contributed by atoms with E-state index in [4.69, 9.17) is 9.15 Å². The van der Waals surface area contributed by atoms with Crippen LogP contribution < -0.4 is 10.1 Å². The number of rotatable bonds is 3. The Balaban J connectivity index is 0.00000156. The molecule has 2 heterocycles. The smallest absolute Gasteiger partial charge is 0.138 e.